The van der Waals surface area contributed by atoms with Crippen LogP contribution >= 0.6 is 0 Å². The van der Waals surface area contributed by atoms with E-state index in [1.165, 1.54) is 6.07 Å². The lowest BCUT2D eigenvalue weighted by Crippen LogP contribution is -2.53. The maximum atomic E-state index is 14.8. The second kappa shape index (κ2) is 12.7. The van der Waals surface area contributed by atoms with Crippen LogP contribution in [0.4, 0.5) is 4.39 Å². The largest absolute Gasteiger partial charge is 0.491 e. The zero-order valence-corrected chi connectivity index (χ0v) is 23.4. The first-order chi connectivity index (χ1) is 19.5. The molecular weight excluding hydrogens is 503 g/mol. The van der Waals surface area contributed by atoms with Crippen LogP contribution in [-0.2, 0) is 16.6 Å². The maximum absolute atomic E-state index is 14.8. The van der Waals surface area contributed by atoms with Crippen LogP contribution in [0.5, 0.6) is 5.75 Å². The monoisotopic (exact) mass is 542 g/mol. The smallest absolute Gasteiger partial charge is 0.257 e. The number of benzene rings is 3. The molecule has 0 N–H and O–H groups in total. The molecule has 5 nitrogen and oxygen atoms in total. The minimum atomic E-state index is -0.737. The van der Waals surface area contributed by atoms with E-state index in [1.807, 2.05) is 54.4 Å². The number of para-hydroxylation sites is 1. The van der Waals surface area contributed by atoms with E-state index in [0.29, 0.717) is 43.7 Å². The zero-order valence-electron chi connectivity index (χ0n) is 23.4. The maximum Gasteiger partial charge on any atom is 0.257 e. The van der Waals surface area contributed by atoms with Crippen molar-refractivity contribution >= 4 is 11.8 Å². The van der Waals surface area contributed by atoms with E-state index in [2.05, 4.69) is 12.1 Å². The van der Waals surface area contributed by atoms with E-state index in [4.69, 9.17) is 4.74 Å². The van der Waals surface area contributed by atoms with Crippen molar-refractivity contribution in [3.05, 3.63) is 101 Å². The quantitative estimate of drug-likeness (QED) is 0.383. The number of hydrogen-bond donors (Lipinski definition) is 0. The highest BCUT2D eigenvalue weighted by atomic mass is 19.1. The van der Waals surface area contributed by atoms with E-state index >= 15 is 0 Å². The summed E-state index contributed by atoms with van der Waals surface area (Å²) in [4.78, 5) is 31.8. The second-order valence-electron chi connectivity index (χ2n) is 11.2. The molecule has 3 aromatic rings. The van der Waals surface area contributed by atoms with Crippen LogP contribution in [0.3, 0.4) is 0 Å². The number of hydrogen-bond acceptors (Lipinski definition) is 3. The SMILES string of the molecule is CN1CCCCCN(C(=O)C2(c3cccc(F)c3)CCCC2)[C@H](Cc2ccccc2)COc2ccccc2C1=O. The zero-order chi connectivity index (χ0) is 28.0. The summed E-state index contributed by atoms with van der Waals surface area (Å²) in [5.41, 5.74) is 1.69. The van der Waals surface area contributed by atoms with Gasteiger partial charge in [-0.3, -0.25) is 9.59 Å². The van der Waals surface area contributed by atoms with E-state index in [1.54, 1.807) is 23.1 Å². The number of carbonyl (C=O) groups excluding carboxylic acids is 2. The second-order valence-corrected chi connectivity index (χ2v) is 11.2. The van der Waals surface area contributed by atoms with Crippen LogP contribution in [-0.4, -0.2) is 54.4 Å². The molecule has 5 rings (SSSR count). The van der Waals surface area contributed by atoms with Crippen LogP contribution < -0.4 is 4.74 Å². The number of halogens is 1. The molecule has 6 heteroatoms. The number of carbonyl (C=O) groups is 2. The fraction of sp³-hybridized carbons (Fsp3) is 0.412. The molecule has 1 atom stereocenters. The Morgan fingerprint density at radius 2 is 1.62 bits per heavy atom. The van der Waals surface area contributed by atoms with Crippen LogP contribution in [0, 0.1) is 5.82 Å². The van der Waals surface area contributed by atoms with Crippen LogP contribution in [0.2, 0.25) is 0 Å². The fourth-order valence-corrected chi connectivity index (χ4v) is 6.33. The minimum absolute atomic E-state index is 0.0570. The highest BCUT2D eigenvalue weighted by Gasteiger charge is 2.46. The van der Waals surface area contributed by atoms with Gasteiger partial charge in [-0.15, -0.1) is 0 Å². The molecule has 1 fully saturated rings. The molecule has 0 radical (unpaired) electrons. The summed E-state index contributed by atoms with van der Waals surface area (Å²) in [5.74, 6) is 0.232. The Hall–Kier alpha value is -3.67. The number of ether oxygens (including phenoxy) is 1. The third-order valence-corrected chi connectivity index (χ3v) is 8.55. The molecule has 40 heavy (non-hydrogen) atoms. The van der Waals surface area contributed by atoms with Gasteiger partial charge < -0.3 is 14.5 Å². The molecule has 0 saturated heterocycles. The topological polar surface area (TPSA) is 49.9 Å². The Balaban J connectivity index is 1.54. The van der Waals surface area contributed by atoms with Gasteiger partial charge in [-0.1, -0.05) is 67.4 Å². The molecule has 2 amide bonds. The summed E-state index contributed by atoms with van der Waals surface area (Å²) in [6, 6.07) is 23.9. The average molecular weight is 543 g/mol. The molecule has 0 unspecified atom stereocenters. The van der Waals surface area contributed by atoms with Gasteiger partial charge in [0, 0.05) is 20.1 Å². The predicted molar refractivity (Wildman–Crippen MR) is 155 cm³/mol. The normalized spacial score (nSPS) is 20.1. The van der Waals surface area contributed by atoms with Crippen molar-refractivity contribution in [2.75, 3.05) is 26.7 Å². The van der Waals surface area contributed by atoms with Crippen molar-refractivity contribution < 1.29 is 18.7 Å². The number of rotatable bonds is 4. The lowest BCUT2D eigenvalue weighted by Gasteiger charge is -2.39. The van der Waals surface area contributed by atoms with Gasteiger partial charge in [0.15, 0.2) is 0 Å². The van der Waals surface area contributed by atoms with Crippen molar-refractivity contribution in [2.45, 2.75) is 62.8 Å². The number of fused-ring (bicyclic) bond motifs is 1. The van der Waals surface area contributed by atoms with E-state index < -0.39 is 5.41 Å². The standard InChI is InChI=1S/C34H39FN2O3/c1-36-21-10-3-11-22-37(33(39)34(19-8-9-20-34)27-15-12-16-28(35)24-27)29(23-26-13-4-2-5-14-26)25-40-31-18-7-6-17-30(31)32(36)38/h2,4-7,12-18,24,29H,3,8-11,19-23,25H2,1H3/t29-/m1/s1. The molecule has 1 heterocycles. The molecule has 0 aromatic heterocycles. The Labute approximate surface area is 236 Å². The van der Waals surface area contributed by atoms with Gasteiger partial charge in [-0.05, 0) is 73.9 Å². The Morgan fingerprint density at radius 3 is 2.40 bits per heavy atom. The Morgan fingerprint density at radius 1 is 0.900 bits per heavy atom. The predicted octanol–water partition coefficient (Wildman–Crippen LogP) is 6.41. The van der Waals surface area contributed by atoms with Crippen LogP contribution in [0.25, 0.3) is 0 Å². The van der Waals surface area contributed by atoms with Crippen LogP contribution in [0.15, 0.2) is 78.9 Å². The van der Waals surface area contributed by atoms with Gasteiger partial charge in [-0.2, -0.15) is 0 Å². The molecule has 210 valence electrons. The average Bonchev–Trinajstić information content (AvgIpc) is 3.48. The number of nitrogens with zero attached hydrogens (tertiary/aromatic N) is 2. The molecule has 0 bridgehead atoms. The van der Waals surface area contributed by atoms with Gasteiger partial charge in [0.05, 0.1) is 17.0 Å². The van der Waals surface area contributed by atoms with E-state index in [0.717, 1.165) is 43.2 Å². The molecule has 1 aliphatic heterocycles. The highest BCUT2D eigenvalue weighted by Crippen LogP contribution is 2.43. The summed E-state index contributed by atoms with van der Waals surface area (Å²) in [5, 5.41) is 0. The highest BCUT2D eigenvalue weighted by molar-refractivity contribution is 5.96. The number of amides is 2. The molecule has 1 saturated carbocycles. The minimum Gasteiger partial charge on any atom is -0.491 e. The van der Waals surface area contributed by atoms with Crippen molar-refractivity contribution in [2.24, 2.45) is 0 Å². The summed E-state index contributed by atoms with van der Waals surface area (Å²) in [6.07, 6.45) is 6.52. The first-order valence-corrected chi connectivity index (χ1v) is 14.6. The summed E-state index contributed by atoms with van der Waals surface area (Å²) < 4.78 is 20.8. The van der Waals surface area contributed by atoms with E-state index in [9.17, 15) is 14.0 Å². The van der Waals surface area contributed by atoms with E-state index in [-0.39, 0.29) is 30.3 Å². The first kappa shape index (κ1) is 27.9. The Bertz CT molecular complexity index is 1310. The first-order valence-electron chi connectivity index (χ1n) is 14.6. The van der Waals surface area contributed by atoms with Crippen LogP contribution in [0.1, 0.15) is 66.4 Å². The van der Waals surface area contributed by atoms with Gasteiger partial charge in [0.1, 0.15) is 18.2 Å². The lowest BCUT2D eigenvalue weighted by atomic mass is 9.77. The molecule has 1 aliphatic carbocycles. The third kappa shape index (κ3) is 6.06. The van der Waals surface area contributed by atoms with Crippen molar-refractivity contribution in [3.8, 4) is 5.75 Å². The Kier molecular flexibility index (Phi) is 8.83. The molecular formula is C34H39FN2O3. The lowest BCUT2D eigenvalue weighted by molar-refractivity contribution is -0.140. The van der Waals surface area contributed by atoms with Gasteiger partial charge in [-0.25, -0.2) is 4.39 Å². The molecule has 0 spiro atoms. The van der Waals surface area contributed by atoms with Crippen molar-refractivity contribution in [1.29, 1.82) is 0 Å². The van der Waals surface area contributed by atoms with Crippen molar-refractivity contribution in [1.82, 2.24) is 9.80 Å². The van der Waals surface area contributed by atoms with Gasteiger partial charge in [0.2, 0.25) is 5.91 Å². The summed E-state index contributed by atoms with van der Waals surface area (Å²) >= 11 is 0. The van der Waals surface area contributed by atoms with Gasteiger partial charge in [0.25, 0.3) is 5.91 Å². The van der Waals surface area contributed by atoms with Gasteiger partial charge >= 0.3 is 0 Å². The summed E-state index contributed by atoms with van der Waals surface area (Å²) in [6.45, 7) is 1.49. The summed E-state index contributed by atoms with van der Waals surface area (Å²) in [7, 11) is 1.83. The third-order valence-electron chi connectivity index (χ3n) is 8.55. The fourth-order valence-electron chi connectivity index (χ4n) is 6.33. The molecule has 3 aromatic carbocycles. The van der Waals surface area contributed by atoms with Crippen molar-refractivity contribution in [3.63, 3.8) is 0 Å². The molecule has 2 aliphatic rings.